The van der Waals surface area contributed by atoms with Gasteiger partial charge in [0.15, 0.2) is 11.6 Å². The molecule has 5 heterocycles. The maximum Gasteiger partial charge on any atom is 0.283 e. The van der Waals surface area contributed by atoms with E-state index in [9.17, 15) is 18.3 Å². The lowest BCUT2D eigenvalue weighted by molar-refractivity contribution is -0.108. The van der Waals surface area contributed by atoms with Gasteiger partial charge in [-0.25, -0.2) is 18.1 Å². The number of carbonyl (C=O) groups excluding carboxylic acids is 1. The van der Waals surface area contributed by atoms with Gasteiger partial charge >= 0.3 is 0 Å². The number of sulfonamides is 1. The molecule has 1 spiro atoms. The molecular formula is C41H56ClN5O7S. The second kappa shape index (κ2) is 15.9. The van der Waals surface area contributed by atoms with Gasteiger partial charge in [0.25, 0.3) is 5.91 Å². The number of aliphatic hydroxyl groups excluding tert-OH is 1. The number of methoxy groups -OCH3 is 1. The first-order chi connectivity index (χ1) is 26.5. The number of piperazine rings is 1. The van der Waals surface area contributed by atoms with E-state index in [1.54, 1.807) is 12.1 Å². The van der Waals surface area contributed by atoms with Crippen LogP contribution < -0.4 is 14.4 Å². The topological polar surface area (TPSA) is 134 Å². The van der Waals surface area contributed by atoms with E-state index in [4.69, 9.17) is 30.8 Å². The van der Waals surface area contributed by atoms with Gasteiger partial charge in [-0.3, -0.25) is 14.6 Å². The van der Waals surface area contributed by atoms with Crippen molar-refractivity contribution >= 4 is 33.3 Å². The highest BCUT2D eigenvalue weighted by Crippen LogP contribution is 2.49. The molecule has 0 unspecified atom stereocenters. The number of nitrogens with one attached hydrogen (secondary N) is 1. The molecule has 2 saturated heterocycles. The van der Waals surface area contributed by atoms with Gasteiger partial charge in [-0.15, -0.1) is 0 Å². The normalized spacial score (nSPS) is 34.6. The molecule has 1 aromatic heterocycles. The summed E-state index contributed by atoms with van der Waals surface area (Å²) < 4.78 is 49.3. The van der Waals surface area contributed by atoms with Gasteiger partial charge in [0.2, 0.25) is 10.0 Å². The summed E-state index contributed by atoms with van der Waals surface area (Å²) in [6.07, 6.45) is 9.62. The van der Waals surface area contributed by atoms with Crippen LogP contribution in [0.1, 0.15) is 67.1 Å². The van der Waals surface area contributed by atoms with Crippen molar-refractivity contribution in [3.8, 4) is 5.75 Å². The van der Waals surface area contributed by atoms with Crippen LogP contribution in [0.25, 0.3) is 0 Å². The number of halogens is 1. The molecule has 6 aliphatic rings. The Morgan fingerprint density at radius 1 is 1.15 bits per heavy atom. The minimum atomic E-state index is -4.18. The number of aliphatic hydroxyl groups is 1. The molecule has 1 aromatic carbocycles. The summed E-state index contributed by atoms with van der Waals surface area (Å²) in [6.45, 7) is 9.32. The van der Waals surface area contributed by atoms with Crippen molar-refractivity contribution in [3.05, 3.63) is 64.3 Å². The van der Waals surface area contributed by atoms with E-state index in [-0.39, 0.29) is 41.9 Å². The average molecular weight is 798 g/mol. The fraction of sp³-hybridized carbons (Fsp3) is 0.659. The highest BCUT2D eigenvalue weighted by Gasteiger charge is 2.50. The van der Waals surface area contributed by atoms with Crippen molar-refractivity contribution in [1.29, 1.82) is 0 Å². The molecule has 2 aromatic rings. The number of fused-ring (bicyclic) bond motifs is 5. The number of hydrogen-bond donors (Lipinski definition) is 2. The van der Waals surface area contributed by atoms with Crippen LogP contribution in [0.4, 0.5) is 5.82 Å². The molecule has 12 nitrogen and oxygen atoms in total. The Morgan fingerprint density at radius 2 is 2.02 bits per heavy atom. The van der Waals surface area contributed by atoms with Crippen molar-refractivity contribution < 1.29 is 32.5 Å². The van der Waals surface area contributed by atoms with E-state index in [1.165, 1.54) is 11.1 Å². The van der Waals surface area contributed by atoms with Crippen LogP contribution in [-0.4, -0.2) is 130 Å². The van der Waals surface area contributed by atoms with Crippen LogP contribution >= 0.6 is 11.6 Å². The predicted molar refractivity (Wildman–Crippen MR) is 211 cm³/mol. The molecule has 1 saturated carbocycles. The van der Waals surface area contributed by atoms with E-state index in [0.29, 0.717) is 50.3 Å². The van der Waals surface area contributed by atoms with Crippen LogP contribution in [-0.2, 0) is 31.3 Å². The van der Waals surface area contributed by atoms with Crippen LogP contribution in [0.3, 0.4) is 0 Å². The van der Waals surface area contributed by atoms with Gasteiger partial charge in [0.05, 0.1) is 25.1 Å². The fourth-order valence-corrected chi connectivity index (χ4v) is 12.3. The molecule has 14 heteroatoms. The Kier molecular flexibility index (Phi) is 11.3. The Hall–Kier alpha value is -2.78. The molecule has 3 fully saturated rings. The Labute approximate surface area is 330 Å². The van der Waals surface area contributed by atoms with Crippen molar-refractivity contribution in [3.63, 3.8) is 0 Å². The number of rotatable bonds is 5. The summed E-state index contributed by atoms with van der Waals surface area (Å²) >= 11 is 6.50. The minimum absolute atomic E-state index is 0.000516. The van der Waals surface area contributed by atoms with Crippen LogP contribution in [0.2, 0.25) is 5.02 Å². The Balaban J connectivity index is 1.20. The molecule has 1 amide bonds. The molecule has 2 bridgehead atoms. The smallest absolute Gasteiger partial charge is 0.283 e. The predicted octanol–water partition coefficient (Wildman–Crippen LogP) is 4.04. The number of carbonyl (C=O) groups is 1. The van der Waals surface area contributed by atoms with E-state index in [0.717, 1.165) is 76.5 Å². The molecule has 2 N–H and O–H groups in total. The molecule has 2 aliphatic carbocycles. The Morgan fingerprint density at radius 3 is 2.82 bits per heavy atom. The SMILES string of the molecule is CO[C@@]1(CN2CCN3CCOC[C@@H]3C2)/C=C/C[C@H](C)[C@H](CCO)S(=O)(=O)NC(=O)c2ccc3c(n2)N(C[C@@H]2CC[C@H]21)C[C@@]1(CCCc2cc(Cl)ccc21)CO3. The second-order valence-corrected chi connectivity index (χ2v) is 19.2. The zero-order valence-electron chi connectivity index (χ0n) is 32.1. The third-order valence-electron chi connectivity index (χ3n) is 13.6. The monoisotopic (exact) mass is 797 g/mol. The van der Waals surface area contributed by atoms with E-state index in [1.807, 2.05) is 20.1 Å². The number of pyridine rings is 1. The molecule has 300 valence electrons. The molecular weight excluding hydrogens is 742 g/mol. The summed E-state index contributed by atoms with van der Waals surface area (Å²) in [6, 6.07) is 9.85. The standard InChI is InChI=1S/C41H56ClN5O7S/c1-28-5-3-15-41(52-2,26-45-16-17-46-18-20-53-24-32(46)23-45)34-9-7-30(34)22-47-25-40(14-4-6-29-21-31(42)8-10-33(29)40)27-54-36-12-11-35(43-38(36)47)39(49)44-55(50,51)37(28)13-19-48/h3,8,10-12,15,21,28,30,32,34,37,48H,4-7,9,13-14,16-20,22-27H2,1-2H3,(H,44,49)/b15-3+/t28-,30-,32-,34+,37-,40-,41+/m0/s1. The van der Waals surface area contributed by atoms with E-state index in [2.05, 4.69) is 43.7 Å². The lowest BCUT2D eigenvalue weighted by Gasteiger charge is -2.53. The van der Waals surface area contributed by atoms with Crippen LogP contribution in [0, 0.1) is 17.8 Å². The summed E-state index contributed by atoms with van der Waals surface area (Å²) in [5.74, 6) is 0.388. The molecule has 7 atom stereocenters. The first-order valence-corrected chi connectivity index (χ1v) is 22.1. The molecule has 0 radical (unpaired) electrons. The van der Waals surface area contributed by atoms with E-state index >= 15 is 0 Å². The van der Waals surface area contributed by atoms with Gasteiger partial charge in [-0.05, 0) is 98.1 Å². The van der Waals surface area contributed by atoms with Gasteiger partial charge in [0, 0.05) is 76.0 Å². The maximum atomic E-state index is 13.9. The summed E-state index contributed by atoms with van der Waals surface area (Å²) in [5.41, 5.74) is 1.52. The van der Waals surface area contributed by atoms with Crippen molar-refractivity contribution in [2.45, 2.75) is 74.2 Å². The lowest BCUT2D eigenvalue weighted by Crippen LogP contribution is -2.62. The van der Waals surface area contributed by atoms with Gasteiger partial charge in [-0.1, -0.05) is 36.7 Å². The highest BCUT2D eigenvalue weighted by molar-refractivity contribution is 7.90. The van der Waals surface area contributed by atoms with Crippen LogP contribution in [0.15, 0.2) is 42.5 Å². The molecule has 8 rings (SSSR count). The number of nitrogens with zero attached hydrogens (tertiary/aromatic N) is 4. The third kappa shape index (κ3) is 7.67. The van der Waals surface area contributed by atoms with Crippen molar-refractivity contribution in [1.82, 2.24) is 19.5 Å². The number of ether oxygens (including phenoxy) is 3. The summed E-state index contributed by atoms with van der Waals surface area (Å²) in [4.78, 5) is 26.0. The van der Waals surface area contributed by atoms with Crippen LogP contribution in [0.5, 0.6) is 5.75 Å². The third-order valence-corrected chi connectivity index (χ3v) is 15.8. The average Bonchev–Trinajstić information content (AvgIpc) is 3.31. The second-order valence-electron chi connectivity index (χ2n) is 16.9. The molecule has 55 heavy (non-hydrogen) atoms. The Bertz CT molecular complexity index is 1880. The highest BCUT2D eigenvalue weighted by atomic mass is 35.5. The van der Waals surface area contributed by atoms with E-state index < -0.39 is 26.8 Å². The lowest BCUT2D eigenvalue weighted by atomic mass is 9.63. The number of anilines is 1. The quantitative estimate of drug-likeness (QED) is 0.425. The summed E-state index contributed by atoms with van der Waals surface area (Å²) in [7, 11) is -2.37. The maximum absolute atomic E-state index is 13.9. The van der Waals surface area contributed by atoms with Crippen molar-refractivity contribution in [2.75, 3.05) is 84.3 Å². The summed E-state index contributed by atoms with van der Waals surface area (Å²) in [5, 5.41) is 9.70. The number of aryl methyl sites for hydroxylation is 1. The first-order valence-electron chi connectivity index (χ1n) is 20.1. The fourth-order valence-electron chi connectivity index (χ4n) is 10.5. The largest absolute Gasteiger partial charge is 0.489 e. The number of amides is 1. The number of hydrogen-bond acceptors (Lipinski definition) is 11. The number of morpholine rings is 1. The first kappa shape index (κ1) is 39.1. The number of aromatic nitrogens is 1. The molecule has 4 aliphatic heterocycles. The minimum Gasteiger partial charge on any atom is -0.489 e. The van der Waals surface area contributed by atoms with Gasteiger partial charge in [0.1, 0.15) is 11.3 Å². The van der Waals surface area contributed by atoms with Crippen molar-refractivity contribution in [2.24, 2.45) is 17.8 Å². The zero-order chi connectivity index (χ0) is 38.4. The zero-order valence-corrected chi connectivity index (χ0v) is 33.7. The number of allylic oxidation sites excluding steroid dienone is 1. The van der Waals surface area contributed by atoms with Gasteiger partial charge < -0.3 is 24.2 Å². The van der Waals surface area contributed by atoms with Gasteiger partial charge in [-0.2, -0.15) is 0 Å². The number of benzene rings is 1.